The van der Waals surface area contributed by atoms with E-state index in [4.69, 9.17) is 27.8 Å². The molecule has 0 aliphatic heterocycles. The molecule has 0 fully saturated rings. The first-order valence-corrected chi connectivity index (χ1v) is 6.07. The van der Waals surface area contributed by atoms with Gasteiger partial charge in [-0.2, -0.15) is 0 Å². The van der Waals surface area contributed by atoms with Crippen molar-refractivity contribution in [2.45, 2.75) is 20.8 Å². The summed E-state index contributed by atoms with van der Waals surface area (Å²) in [6.45, 7) is 5.74. The number of carbonyl (C=O) groups is 1. The normalized spacial score (nSPS) is 10.4. The summed E-state index contributed by atoms with van der Waals surface area (Å²) in [5.41, 5.74) is 0.493. The highest BCUT2D eigenvalue weighted by Gasteiger charge is 2.19. The highest BCUT2D eigenvalue weighted by Crippen LogP contribution is 2.11. The molecule has 1 aromatic rings. The second kappa shape index (κ2) is 7.24. The van der Waals surface area contributed by atoms with Gasteiger partial charge in [-0.05, 0) is 13.0 Å². The van der Waals surface area contributed by atoms with Crippen LogP contribution in [0.5, 0.6) is 0 Å². The second-order valence-corrected chi connectivity index (χ2v) is 3.87. The molecule has 0 amide bonds. The van der Waals surface area contributed by atoms with E-state index in [9.17, 15) is 4.79 Å². The molecule has 7 nitrogen and oxygen atoms in total. The summed E-state index contributed by atoms with van der Waals surface area (Å²) in [5.74, 6) is 1.05. The Bertz CT molecular complexity index is 394. The highest BCUT2D eigenvalue weighted by molar-refractivity contribution is 5.90. The van der Waals surface area contributed by atoms with E-state index in [0.29, 0.717) is 17.9 Å². The lowest BCUT2D eigenvalue weighted by Crippen LogP contribution is -2.68. The Morgan fingerprint density at radius 3 is 2.17 bits per heavy atom. The van der Waals surface area contributed by atoms with Crippen LogP contribution in [0, 0.1) is 24.1 Å². The van der Waals surface area contributed by atoms with E-state index in [-0.39, 0.29) is 5.97 Å². The number of ether oxygens (including phenoxy) is 1. The molecule has 0 N–H and O–H groups in total. The predicted octanol–water partition coefficient (Wildman–Crippen LogP) is -2.40. The zero-order valence-corrected chi connectivity index (χ0v) is 10.9. The molecule has 0 saturated carbocycles. The lowest BCUT2D eigenvalue weighted by molar-refractivity contribution is -2.00. The van der Waals surface area contributed by atoms with Crippen molar-refractivity contribution in [3.63, 3.8) is 0 Å². The van der Waals surface area contributed by atoms with Crippen LogP contribution in [0.4, 0.5) is 0 Å². The van der Waals surface area contributed by atoms with E-state index < -0.39 is 10.2 Å². The first-order chi connectivity index (χ1) is 8.15. The van der Waals surface area contributed by atoms with Crippen molar-refractivity contribution in [3.05, 3.63) is 29.2 Å². The molecule has 18 heavy (non-hydrogen) atoms. The SMILES string of the molecule is CCOC(=O)c1ccc(C)[o+]c1C.[O-][Cl+3]([O-])([O-])[O-]. The van der Waals surface area contributed by atoms with Gasteiger partial charge in [0.15, 0.2) is 5.56 Å². The average molecular weight is 281 g/mol. The molecule has 0 radical (unpaired) electrons. The number of carbonyl (C=O) groups excluding carboxylic acids is 1. The Morgan fingerprint density at radius 2 is 1.78 bits per heavy atom. The maximum absolute atomic E-state index is 11.3. The third kappa shape index (κ3) is 7.93. The Labute approximate surface area is 106 Å². The number of hydrogen-bond acceptors (Lipinski definition) is 6. The zero-order valence-electron chi connectivity index (χ0n) is 10.1. The van der Waals surface area contributed by atoms with E-state index in [2.05, 4.69) is 0 Å². The molecular weight excluding hydrogens is 268 g/mol. The van der Waals surface area contributed by atoms with Crippen LogP contribution < -0.4 is 18.6 Å². The molecule has 1 aromatic heterocycles. The number of halogens is 1. The van der Waals surface area contributed by atoms with Crippen molar-refractivity contribution in [2.75, 3.05) is 6.61 Å². The first-order valence-electron chi connectivity index (χ1n) is 4.84. The zero-order chi connectivity index (χ0) is 14.3. The molecule has 1 rings (SSSR count). The van der Waals surface area contributed by atoms with Crippen molar-refractivity contribution < 1.29 is 42.8 Å². The van der Waals surface area contributed by atoms with Crippen molar-refractivity contribution in [1.82, 2.24) is 0 Å². The minimum absolute atomic E-state index is 0.330. The van der Waals surface area contributed by atoms with Gasteiger partial charge < -0.3 is 4.74 Å². The van der Waals surface area contributed by atoms with Crippen LogP contribution in [0.3, 0.4) is 0 Å². The summed E-state index contributed by atoms with van der Waals surface area (Å²) in [6.07, 6.45) is 0. The summed E-state index contributed by atoms with van der Waals surface area (Å²) in [5, 5.41) is 0. The summed E-state index contributed by atoms with van der Waals surface area (Å²) >= 11 is 0. The largest absolute Gasteiger partial charge is 0.462 e. The molecule has 0 unspecified atom stereocenters. The van der Waals surface area contributed by atoms with Crippen molar-refractivity contribution >= 4 is 5.97 Å². The fraction of sp³-hybridized carbons (Fsp3) is 0.400. The Balaban J connectivity index is 0.000000494. The minimum Gasteiger partial charge on any atom is -0.462 e. The van der Waals surface area contributed by atoms with E-state index in [1.807, 2.05) is 6.92 Å². The smallest absolute Gasteiger partial charge is 0.347 e. The number of rotatable bonds is 2. The monoisotopic (exact) mass is 280 g/mol. The fourth-order valence-corrected chi connectivity index (χ4v) is 1.07. The van der Waals surface area contributed by atoms with Crippen LogP contribution in [0.15, 0.2) is 16.5 Å². The van der Waals surface area contributed by atoms with E-state index in [0.717, 1.165) is 5.76 Å². The van der Waals surface area contributed by atoms with Gasteiger partial charge in [-0.15, -0.1) is 10.2 Å². The van der Waals surface area contributed by atoms with Gasteiger partial charge in [-0.3, -0.25) is 0 Å². The third-order valence-corrected chi connectivity index (χ3v) is 1.67. The summed E-state index contributed by atoms with van der Waals surface area (Å²) in [7, 11) is -4.94. The van der Waals surface area contributed by atoms with Gasteiger partial charge in [0.1, 0.15) is 0 Å². The van der Waals surface area contributed by atoms with Crippen LogP contribution in [-0.4, -0.2) is 12.6 Å². The maximum Gasteiger partial charge on any atom is 0.347 e. The molecule has 0 saturated heterocycles. The van der Waals surface area contributed by atoms with Gasteiger partial charge >= 0.3 is 17.5 Å². The number of hydrogen-bond donors (Lipinski definition) is 0. The van der Waals surface area contributed by atoms with Crippen molar-refractivity contribution in [3.8, 4) is 0 Å². The van der Waals surface area contributed by atoms with Crippen LogP contribution >= 0.6 is 0 Å². The summed E-state index contributed by atoms with van der Waals surface area (Å²) in [4.78, 5) is 11.3. The second-order valence-electron chi connectivity index (χ2n) is 3.11. The molecule has 1 heterocycles. The van der Waals surface area contributed by atoms with E-state index in [1.54, 1.807) is 26.0 Å². The maximum atomic E-state index is 11.3. The molecule has 0 aliphatic rings. The quantitative estimate of drug-likeness (QED) is 0.436. The number of aryl methyl sites for hydroxylation is 2. The van der Waals surface area contributed by atoms with Gasteiger partial charge in [0.05, 0.1) is 20.5 Å². The standard InChI is InChI=1S/C10H13O3.ClHO4/c1-4-12-10(11)9-6-5-7(2)13-8(9)3;2-1(3,4)5/h5-6H,4H2,1-3H3;(H,2,3,4,5)/q+1;/p-1. The first kappa shape index (κ1) is 16.8. The lowest BCUT2D eigenvalue weighted by atomic mass is 10.2. The number of esters is 1. The minimum atomic E-state index is -4.94. The topological polar surface area (TPSA) is 130 Å². The summed E-state index contributed by atoms with van der Waals surface area (Å²) < 4.78 is 44.1. The Kier molecular flexibility index (Phi) is 6.74. The van der Waals surface area contributed by atoms with Gasteiger partial charge in [0, 0.05) is 6.07 Å². The molecule has 0 aromatic carbocycles. The molecule has 0 atom stereocenters. The van der Waals surface area contributed by atoms with Crippen LogP contribution in [0.1, 0.15) is 28.8 Å². The molecule has 0 spiro atoms. The molecular formula is C10H13ClO7. The highest BCUT2D eigenvalue weighted by atomic mass is 35.7. The fourth-order valence-electron chi connectivity index (χ4n) is 1.07. The van der Waals surface area contributed by atoms with Gasteiger partial charge in [-0.1, -0.05) is 0 Å². The van der Waals surface area contributed by atoms with Gasteiger partial charge in [0.2, 0.25) is 0 Å². The molecule has 0 aliphatic carbocycles. The molecule has 0 bridgehead atoms. The van der Waals surface area contributed by atoms with Crippen LogP contribution in [0.25, 0.3) is 0 Å². The van der Waals surface area contributed by atoms with E-state index in [1.165, 1.54) is 0 Å². The Hall–Kier alpha value is -1.25. The molecule has 8 heteroatoms. The van der Waals surface area contributed by atoms with Gasteiger partial charge in [-0.25, -0.2) is 27.8 Å². The average Bonchev–Trinajstić information content (AvgIpc) is 2.14. The summed E-state index contributed by atoms with van der Waals surface area (Å²) in [6, 6.07) is 3.46. The Morgan fingerprint density at radius 1 is 1.28 bits per heavy atom. The van der Waals surface area contributed by atoms with Crippen molar-refractivity contribution in [1.29, 1.82) is 0 Å². The van der Waals surface area contributed by atoms with E-state index >= 15 is 0 Å². The van der Waals surface area contributed by atoms with Crippen LogP contribution in [-0.2, 0) is 4.74 Å². The van der Waals surface area contributed by atoms with Crippen LogP contribution in [0.2, 0.25) is 0 Å². The molecule has 102 valence electrons. The van der Waals surface area contributed by atoms with Gasteiger partial charge in [0.25, 0.3) is 0 Å². The predicted molar refractivity (Wildman–Crippen MR) is 48.5 cm³/mol. The van der Waals surface area contributed by atoms with Crippen molar-refractivity contribution in [2.24, 2.45) is 0 Å². The third-order valence-electron chi connectivity index (χ3n) is 1.67. The lowest BCUT2D eigenvalue weighted by Gasteiger charge is -2.17.